The molecule has 0 amide bonds. The van der Waals surface area contributed by atoms with Gasteiger partial charge < -0.3 is 0 Å². The van der Waals surface area contributed by atoms with Gasteiger partial charge in [-0.2, -0.15) is 0 Å². The molecule has 1 atom stereocenters. The molecule has 0 saturated heterocycles. The van der Waals surface area contributed by atoms with Crippen molar-refractivity contribution in [2.45, 2.75) is 27.2 Å². The van der Waals surface area contributed by atoms with Gasteiger partial charge in [0.05, 0.1) is 0 Å². The number of hydrogen-bond acceptors (Lipinski definition) is 1. The molecule has 0 fully saturated rings. The van der Waals surface area contributed by atoms with Crippen molar-refractivity contribution in [1.29, 1.82) is 0 Å². The van der Waals surface area contributed by atoms with E-state index in [1.54, 1.807) is 0 Å². The Balaban J connectivity index is 2.67. The van der Waals surface area contributed by atoms with Crippen LogP contribution in [0, 0.1) is 5.41 Å². The summed E-state index contributed by atoms with van der Waals surface area (Å²) in [5, 5.41) is 0. The summed E-state index contributed by atoms with van der Waals surface area (Å²) in [6.07, 6.45) is 13.5. The van der Waals surface area contributed by atoms with Gasteiger partial charge in [0, 0.05) is 17.8 Å². The van der Waals surface area contributed by atoms with Crippen molar-refractivity contribution in [3.63, 3.8) is 0 Å². The van der Waals surface area contributed by atoms with Crippen LogP contribution in [0.5, 0.6) is 0 Å². The molecule has 1 aliphatic heterocycles. The van der Waals surface area contributed by atoms with E-state index in [2.05, 4.69) is 50.1 Å². The van der Waals surface area contributed by atoms with Crippen LogP contribution in [0.25, 0.3) is 0 Å². The fourth-order valence-corrected chi connectivity index (χ4v) is 1.13. The molecule has 1 rings (SSSR count). The predicted molar refractivity (Wildman–Crippen MR) is 58.9 cm³/mol. The maximum Gasteiger partial charge on any atom is 0.0232 e. The van der Waals surface area contributed by atoms with Gasteiger partial charge in [-0.3, -0.25) is 4.99 Å². The minimum atomic E-state index is 0.159. The Morgan fingerprint density at radius 2 is 2.31 bits per heavy atom. The fraction of sp³-hybridized carbons (Fsp3) is 0.417. The van der Waals surface area contributed by atoms with Crippen molar-refractivity contribution in [3.05, 3.63) is 36.1 Å². The third kappa shape index (κ3) is 3.02. The summed E-state index contributed by atoms with van der Waals surface area (Å²) in [5.41, 5.74) is 1.46. The molecule has 0 spiro atoms. The van der Waals surface area contributed by atoms with Gasteiger partial charge in [-0.05, 0) is 20.3 Å². The first-order chi connectivity index (χ1) is 6.16. The first-order valence-corrected chi connectivity index (χ1v) is 4.68. The number of nitrogens with zero attached hydrogens (tertiary/aromatic N) is 1. The molecule has 0 aromatic rings. The van der Waals surface area contributed by atoms with Gasteiger partial charge in [-0.15, -0.1) is 0 Å². The van der Waals surface area contributed by atoms with E-state index in [-0.39, 0.29) is 5.41 Å². The number of allylic oxidation sites excluding steroid dienone is 5. The standard InChI is InChI=1S/C12H17N/c1-4-11(2)5-6-12(3)7-9-13-10-8-12/h4-7,9-10H,8H2,1-3H3/b6-5-,11-4-. The molecule has 1 heteroatoms. The highest BCUT2D eigenvalue weighted by Gasteiger charge is 2.16. The zero-order chi connectivity index (χ0) is 9.73. The summed E-state index contributed by atoms with van der Waals surface area (Å²) in [6, 6.07) is 0. The Bertz CT molecular complexity index is 281. The summed E-state index contributed by atoms with van der Waals surface area (Å²) in [6.45, 7) is 6.38. The van der Waals surface area contributed by atoms with E-state index < -0.39 is 0 Å². The van der Waals surface area contributed by atoms with Gasteiger partial charge in [-0.25, -0.2) is 0 Å². The van der Waals surface area contributed by atoms with Crippen LogP contribution in [0.4, 0.5) is 0 Å². The van der Waals surface area contributed by atoms with Crippen LogP contribution >= 0.6 is 0 Å². The van der Waals surface area contributed by atoms with Gasteiger partial charge in [0.15, 0.2) is 0 Å². The van der Waals surface area contributed by atoms with Crippen LogP contribution in [0.2, 0.25) is 0 Å². The first kappa shape index (κ1) is 9.97. The number of aliphatic imine (C=N–C) groups is 1. The normalized spacial score (nSPS) is 28.7. The zero-order valence-electron chi connectivity index (χ0n) is 8.62. The molecular formula is C12H17N. The molecule has 0 bridgehead atoms. The van der Waals surface area contributed by atoms with E-state index in [1.165, 1.54) is 5.57 Å². The number of hydrogen-bond donors (Lipinski definition) is 0. The average molecular weight is 175 g/mol. The highest BCUT2D eigenvalue weighted by molar-refractivity contribution is 5.62. The molecule has 1 nitrogen and oxygen atoms in total. The van der Waals surface area contributed by atoms with E-state index in [4.69, 9.17) is 0 Å². The summed E-state index contributed by atoms with van der Waals surface area (Å²) in [7, 11) is 0. The molecule has 0 saturated carbocycles. The molecule has 1 aliphatic rings. The first-order valence-electron chi connectivity index (χ1n) is 4.68. The summed E-state index contributed by atoms with van der Waals surface area (Å²) in [4.78, 5) is 4.07. The zero-order valence-corrected chi connectivity index (χ0v) is 8.62. The predicted octanol–water partition coefficient (Wildman–Crippen LogP) is 3.50. The molecule has 13 heavy (non-hydrogen) atoms. The largest absolute Gasteiger partial charge is 0.269 e. The Hall–Kier alpha value is -1.11. The minimum absolute atomic E-state index is 0.159. The van der Waals surface area contributed by atoms with Crippen molar-refractivity contribution < 1.29 is 0 Å². The molecule has 0 aromatic carbocycles. The second kappa shape index (κ2) is 4.22. The lowest BCUT2D eigenvalue weighted by Gasteiger charge is -2.21. The van der Waals surface area contributed by atoms with Crippen LogP contribution in [0.1, 0.15) is 27.2 Å². The lowest BCUT2D eigenvalue weighted by molar-refractivity contribution is 0.577. The Kier molecular flexibility index (Phi) is 3.24. The van der Waals surface area contributed by atoms with E-state index in [0.29, 0.717) is 0 Å². The van der Waals surface area contributed by atoms with E-state index >= 15 is 0 Å². The molecule has 0 N–H and O–H groups in total. The molecule has 0 aromatic heterocycles. The lowest BCUT2D eigenvalue weighted by atomic mass is 9.85. The van der Waals surface area contributed by atoms with Crippen LogP contribution in [0.3, 0.4) is 0 Å². The van der Waals surface area contributed by atoms with Crippen molar-refractivity contribution in [2.24, 2.45) is 10.4 Å². The average Bonchev–Trinajstić information content (AvgIpc) is 2.15. The van der Waals surface area contributed by atoms with Crippen LogP contribution in [0.15, 0.2) is 41.1 Å². The summed E-state index contributed by atoms with van der Waals surface area (Å²) in [5.74, 6) is 0. The molecule has 1 heterocycles. The van der Waals surface area contributed by atoms with Crippen molar-refractivity contribution in [1.82, 2.24) is 0 Å². The second-order valence-electron chi connectivity index (χ2n) is 3.72. The smallest absolute Gasteiger partial charge is 0.0232 e. The maximum atomic E-state index is 4.07. The molecule has 0 aliphatic carbocycles. The Morgan fingerprint density at radius 1 is 1.54 bits per heavy atom. The van der Waals surface area contributed by atoms with E-state index in [9.17, 15) is 0 Å². The highest BCUT2D eigenvalue weighted by atomic mass is 14.7. The van der Waals surface area contributed by atoms with Gasteiger partial charge >= 0.3 is 0 Å². The quantitative estimate of drug-likeness (QED) is 0.569. The van der Waals surface area contributed by atoms with Crippen LogP contribution < -0.4 is 0 Å². The fourth-order valence-electron chi connectivity index (χ4n) is 1.13. The summed E-state index contributed by atoms with van der Waals surface area (Å²) >= 11 is 0. The van der Waals surface area contributed by atoms with Crippen molar-refractivity contribution >= 4 is 6.21 Å². The Labute approximate surface area is 80.6 Å². The van der Waals surface area contributed by atoms with Crippen molar-refractivity contribution in [2.75, 3.05) is 0 Å². The minimum Gasteiger partial charge on any atom is -0.269 e. The third-order valence-electron chi connectivity index (χ3n) is 2.36. The summed E-state index contributed by atoms with van der Waals surface area (Å²) < 4.78 is 0. The SMILES string of the molecule is C/C=C(C)\C=C/C1(C)C=CN=CC1. The topological polar surface area (TPSA) is 12.4 Å². The highest BCUT2D eigenvalue weighted by Crippen LogP contribution is 2.26. The molecule has 0 radical (unpaired) electrons. The van der Waals surface area contributed by atoms with Gasteiger partial charge in [0.25, 0.3) is 0 Å². The lowest BCUT2D eigenvalue weighted by Crippen LogP contribution is -2.12. The molecular weight excluding hydrogens is 158 g/mol. The van der Waals surface area contributed by atoms with E-state index in [0.717, 1.165) is 6.42 Å². The van der Waals surface area contributed by atoms with Crippen molar-refractivity contribution in [3.8, 4) is 0 Å². The molecule has 70 valence electrons. The van der Waals surface area contributed by atoms with Crippen LogP contribution in [-0.2, 0) is 0 Å². The van der Waals surface area contributed by atoms with Gasteiger partial charge in [0.2, 0.25) is 0 Å². The molecule has 1 unspecified atom stereocenters. The van der Waals surface area contributed by atoms with Crippen LogP contribution in [-0.4, -0.2) is 6.21 Å². The number of rotatable bonds is 2. The van der Waals surface area contributed by atoms with Gasteiger partial charge in [-0.1, -0.05) is 36.8 Å². The Morgan fingerprint density at radius 3 is 2.85 bits per heavy atom. The van der Waals surface area contributed by atoms with E-state index in [1.807, 2.05) is 12.4 Å². The van der Waals surface area contributed by atoms with Gasteiger partial charge in [0.1, 0.15) is 0 Å². The third-order valence-corrected chi connectivity index (χ3v) is 2.36. The maximum absolute atomic E-state index is 4.07. The second-order valence-corrected chi connectivity index (χ2v) is 3.72. The monoisotopic (exact) mass is 175 g/mol.